The zero-order chi connectivity index (χ0) is 37.6. The summed E-state index contributed by atoms with van der Waals surface area (Å²) in [4.78, 5) is 4.70. The van der Waals surface area contributed by atoms with Gasteiger partial charge in [0, 0.05) is 86.6 Å². The lowest BCUT2D eigenvalue weighted by atomic mass is 9.70. The summed E-state index contributed by atoms with van der Waals surface area (Å²) in [6, 6.07) is 0. The molecule has 298 valence electrons. The normalized spacial score (nSPS) is 22.2. The van der Waals surface area contributed by atoms with Gasteiger partial charge in [0.05, 0.1) is 62.7 Å². The molecule has 3 N–H and O–H groups in total. The highest BCUT2D eigenvalue weighted by Crippen LogP contribution is 2.45. The lowest BCUT2D eigenvalue weighted by Crippen LogP contribution is -2.44. The number of methoxy groups -OCH3 is 1. The van der Waals surface area contributed by atoms with Crippen LogP contribution in [0.3, 0.4) is 0 Å². The third-order valence-electron chi connectivity index (χ3n) is 10.7. The van der Waals surface area contributed by atoms with Crippen LogP contribution < -0.4 is 10.6 Å². The van der Waals surface area contributed by atoms with Crippen LogP contribution in [0.1, 0.15) is 101 Å². The first-order valence-corrected chi connectivity index (χ1v) is 19.5. The van der Waals surface area contributed by atoms with Crippen LogP contribution in [0.2, 0.25) is 0 Å². The van der Waals surface area contributed by atoms with E-state index in [1.54, 1.807) is 7.11 Å². The third-order valence-corrected chi connectivity index (χ3v) is 10.7. The number of nitrogens with zero attached hydrogens (tertiary/aromatic N) is 5. The third kappa shape index (κ3) is 13.4. The predicted molar refractivity (Wildman–Crippen MR) is 206 cm³/mol. The zero-order valence-corrected chi connectivity index (χ0v) is 34.0. The Morgan fingerprint density at radius 2 is 1.42 bits per heavy atom. The van der Waals surface area contributed by atoms with Gasteiger partial charge in [0.2, 0.25) is 0 Å². The maximum absolute atomic E-state index is 6.42. The van der Waals surface area contributed by atoms with Crippen molar-refractivity contribution in [3.05, 3.63) is 34.9 Å². The molecule has 1 aliphatic heterocycles. The molecule has 0 radical (unpaired) electrons. The highest BCUT2D eigenvalue weighted by atomic mass is 16.5. The lowest BCUT2D eigenvalue weighted by Gasteiger charge is -2.45. The van der Waals surface area contributed by atoms with Crippen molar-refractivity contribution in [3.8, 4) is 0 Å². The van der Waals surface area contributed by atoms with Gasteiger partial charge in [-0.2, -0.15) is 10.2 Å². The van der Waals surface area contributed by atoms with Gasteiger partial charge in [-0.15, -0.1) is 0 Å². The quantitative estimate of drug-likeness (QED) is 0.134. The van der Waals surface area contributed by atoms with Crippen LogP contribution >= 0.6 is 0 Å². The highest BCUT2D eigenvalue weighted by Gasteiger charge is 2.42. The molecule has 0 aromatic carbocycles. The summed E-state index contributed by atoms with van der Waals surface area (Å²) in [6.45, 7) is 18.4. The number of hydrogen-bond donors (Lipinski definition) is 3. The van der Waals surface area contributed by atoms with E-state index in [1.807, 2.05) is 25.0 Å². The molecule has 52 heavy (non-hydrogen) atoms. The maximum Gasteiger partial charge on any atom is 0.139 e. The summed E-state index contributed by atoms with van der Waals surface area (Å²) < 4.78 is 32.3. The Kier molecular flexibility index (Phi) is 17.0. The van der Waals surface area contributed by atoms with Gasteiger partial charge >= 0.3 is 0 Å². The average Bonchev–Trinajstić information content (AvgIpc) is 3.72. The molecule has 2 aromatic rings. The molecule has 1 saturated heterocycles. The van der Waals surface area contributed by atoms with Crippen molar-refractivity contribution in [3.63, 3.8) is 0 Å². The predicted octanol–water partition coefficient (Wildman–Crippen LogP) is 4.36. The van der Waals surface area contributed by atoms with E-state index in [9.17, 15) is 0 Å². The van der Waals surface area contributed by atoms with Crippen molar-refractivity contribution in [2.75, 3.05) is 101 Å². The molecule has 2 aliphatic rings. The van der Waals surface area contributed by atoms with Crippen molar-refractivity contribution in [2.45, 2.75) is 109 Å². The Hall–Kier alpha value is -1.94. The summed E-state index contributed by atoms with van der Waals surface area (Å²) in [5.74, 6) is 0.800. The Morgan fingerprint density at radius 3 is 2.02 bits per heavy atom. The van der Waals surface area contributed by atoms with E-state index >= 15 is 0 Å². The number of H-pyrrole nitrogens is 1. The standard InChI is InChI=1S/C39H72N8O5/c1-37(2)22-32(23-38(3,4)52-37)36-34(26-46(8)17-15-41-6)27-47(44-36)30-51-21-20-50-29-39(28-49-19-18-48-9)12-10-31(11-13-39)35-33(24-42-43-35)25-45(7)16-14-40-5/h24,27,31-32,40-41H,10-23,25-26,28-30H2,1-9H3,(H,42,43). The minimum absolute atomic E-state index is 0.0234. The molecule has 3 heterocycles. The molecule has 0 amide bonds. The lowest BCUT2D eigenvalue weighted by molar-refractivity contribution is -0.162. The van der Waals surface area contributed by atoms with E-state index in [0.717, 1.165) is 77.8 Å². The smallest absolute Gasteiger partial charge is 0.139 e. The van der Waals surface area contributed by atoms with Crippen molar-refractivity contribution < 1.29 is 23.7 Å². The number of likely N-dealkylation sites (N-methyl/N-ethyl adjacent to an activating group) is 4. The summed E-state index contributed by atoms with van der Waals surface area (Å²) in [5, 5.41) is 19.4. The summed E-state index contributed by atoms with van der Waals surface area (Å²) in [5.41, 5.74) is 4.62. The minimum Gasteiger partial charge on any atom is -0.382 e. The number of rotatable bonds is 24. The van der Waals surface area contributed by atoms with Gasteiger partial charge in [0.1, 0.15) is 6.73 Å². The SMILES string of the molecule is CNCCN(C)Cc1cn(COCCOCC2(COCCOC)CCC(c3[nH]ncc3CN(C)CCNC)CC2)nc1C1CC(C)(C)OC(C)(C)C1. The fraction of sp³-hybridized carbons (Fsp3) is 0.846. The average molecular weight is 733 g/mol. The van der Waals surface area contributed by atoms with Gasteiger partial charge in [-0.3, -0.25) is 5.10 Å². The summed E-state index contributed by atoms with van der Waals surface area (Å²) in [6.07, 6.45) is 10.3. The molecule has 4 rings (SSSR count). The Balaban J connectivity index is 1.31. The first kappa shape index (κ1) is 42.8. The first-order chi connectivity index (χ1) is 24.9. The van der Waals surface area contributed by atoms with Gasteiger partial charge in [0.25, 0.3) is 0 Å². The van der Waals surface area contributed by atoms with Gasteiger partial charge in [-0.25, -0.2) is 4.68 Å². The number of aromatic nitrogens is 4. The molecule has 2 fully saturated rings. The Bertz CT molecular complexity index is 1280. The van der Waals surface area contributed by atoms with Gasteiger partial charge in [-0.05, 0) is 94.4 Å². The highest BCUT2D eigenvalue weighted by molar-refractivity contribution is 5.24. The van der Waals surface area contributed by atoms with Crippen molar-refractivity contribution in [1.82, 2.24) is 40.4 Å². The topological polar surface area (TPSA) is 123 Å². The molecule has 0 bridgehead atoms. The molecule has 0 atom stereocenters. The van der Waals surface area contributed by atoms with Crippen LogP contribution in [0.4, 0.5) is 0 Å². The van der Waals surface area contributed by atoms with Gasteiger partial charge < -0.3 is 44.1 Å². The van der Waals surface area contributed by atoms with E-state index in [2.05, 4.69) is 78.6 Å². The number of aromatic amines is 1. The van der Waals surface area contributed by atoms with Crippen LogP contribution in [0.15, 0.2) is 12.4 Å². The molecule has 0 unspecified atom stereocenters. The Morgan fingerprint density at radius 1 is 0.846 bits per heavy atom. The van der Waals surface area contributed by atoms with Gasteiger partial charge in [-0.1, -0.05) is 0 Å². The van der Waals surface area contributed by atoms with E-state index in [-0.39, 0.29) is 16.6 Å². The van der Waals surface area contributed by atoms with Crippen LogP contribution in [0.25, 0.3) is 0 Å². The molecule has 13 nitrogen and oxygen atoms in total. The molecule has 2 aromatic heterocycles. The fourth-order valence-corrected chi connectivity index (χ4v) is 8.28. The van der Waals surface area contributed by atoms with E-state index in [4.69, 9.17) is 28.8 Å². The van der Waals surface area contributed by atoms with Crippen LogP contribution in [0, 0.1) is 5.41 Å². The molecule has 0 spiro atoms. The Labute approximate surface area is 314 Å². The van der Waals surface area contributed by atoms with Crippen LogP contribution in [0.5, 0.6) is 0 Å². The molecular weight excluding hydrogens is 660 g/mol. The molecule has 1 saturated carbocycles. The fourth-order valence-electron chi connectivity index (χ4n) is 8.28. The summed E-state index contributed by atoms with van der Waals surface area (Å²) >= 11 is 0. The maximum atomic E-state index is 6.42. The number of ether oxygens (including phenoxy) is 5. The van der Waals surface area contributed by atoms with Crippen molar-refractivity contribution >= 4 is 0 Å². The van der Waals surface area contributed by atoms with E-state index in [0.29, 0.717) is 58.2 Å². The van der Waals surface area contributed by atoms with E-state index < -0.39 is 0 Å². The van der Waals surface area contributed by atoms with Crippen LogP contribution in [-0.2, 0) is 43.5 Å². The first-order valence-electron chi connectivity index (χ1n) is 19.5. The zero-order valence-electron chi connectivity index (χ0n) is 34.0. The number of hydrogen-bond acceptors (Lipinski definition) is 11. The van der Waals surface area contributed by atoms with Crippen molar-refractivity contribution in [1.29, 1.82) is 0 Å². The van der Waals surface area contributed by atoms with Gasteiger partial charge in [0.15, 0.2) is 0 Å². The second-order valence-corrected chi connectivity index (χ2v) is 16.7. The second-order valence-electron chi connectivity index (χ2n) is 16.7. The minimum atomic E-state index is -0.199. The monoisotopic (exact) mass is 733 g/mol. The van der Waals surface area contributed by atoms with Crippen LogP contribution in [-0.4, -0.2) is 142 Å². The molecule has 1 aliphatic carbocycles. The summed E-state index contributed by atoms with van der Waals surface area (Å²) in [7, 11) is 10.1. The van der Waals surface area contributed by atoms with Crippen molar-refractivity contribution in [2.24, 2.45) is 5.41 Å². The molecular formula is C39H72N8O5. The largest absolute Gasteiger partial charge is 0.382 e. The second kappa shape index (κ2) is 20.7. The molecule has 13 heteroatoms. The number of nitrogens with one attached hydrogen (secondary N) is 3. The van der Waals surface area contributed by atoms with E-state index in [1.165, 1.54) is 22.5 Å².